The number of carbonyl (C=O) groups is 1. The number of hydrogen-bond donors (Lipinski definition) is 1. The van der Waals surface area contributed by atoms with Crippen LogP contribution in [0.1, 0.15) is 71.4 Å². The lowest BCUT2D eigenvalue weighted by molar-refractivity contribution is -0.231. The van der Waals surface area contributed by atoms with Gasteiger partial charge in [0.1, 0.15) is 11.7 Å². The Bertz CT molecular complexity index is 1090. The first-order valence-corrected chi connectivity index (χ1v) is 12.2. The Hall–Kier alpha value is -1.80. The zero-order valence-electron chi connectivity index (χ0n) is 18.5. The van der Waals surface area contributed by atoms with Crippen molar-refractivity contribution in [2.75, 3.05) is 0 Å². The third kappa shape index (κ3) is 2.94. The molecule has 4 aliphatic rings. The van der Waals surface area contributed by atoms with Gasteiger partial charge in [-0.1, -0.05) is 18.5 Å². The maximum Gasteiger partial charge on any atom is 0.312 e. The summed E-state index contributed by atoms with van der Waals surface area (Å²) in [5.74, 6) is 1.93. The largest absolute Gasteiger partial charge is 0.353 e. The second-order valence-corrected chi connectivity index (χ2v) is 11.0. The first-order valence-electron chi connectivity index (χ1n) is 11.8. The Labute approximate surface area is 191 Å². The van der Waals surface area contributed by atoms with Crippen molar-refractivity contribution in [3.05, 3.63) is 17.6 Å². The maximum absolute atomic E-state index is 13.8. The summed E-state index contributed by atoms with van der Waals surface area (Å²) >= 11 is 6.07. The molecular formula is C23H29ClFN5O2. The predicted molar refractivity (Wildman–Crippen MR) is 116 cm³/mol. The van der Waals surface area contributed by atoms with Crippen LogP contribution in [0.5, 0.6) is 0 Å². The van der Waals surface area contributed by atoms with Crippen LogP contribution in [0.15, 0.2) is 6.33 Å². The molecule has 1 N–H and O–H groups in total. The highest BCUT2D eigenvalue weighted by molar-refractivity contribution is 6.33. The minimum absolute atomic E-state index is 0.0243. The average Bonchev–Trinajstić information content (AvgIpc) is 3.17. The van der Waals surface area contributed by atoms with Crippen molar-refractivity contribution in [3.8, 4) is 0 Å². The summed E-state index contributed by atoms with van der Waals surface area (Å²) in [4.78, 5) is 23.8. The van der Waals surface area contributed by atoms with Crippen LogP contribution in [0, 0.1) is 29.2 Å². The number of nitrogens with zero attached hydrogens (tertiary/aromatic N) is 4. The van der Waals surface area contributed by atoms with Crippen LogP contribution in [0.4, 0.5) is 4.39 Å². The van der Waals surface area contributed by atoms with Crippen LogP contribution < -0.4 is 5.32 Å². The first kappa shape index (κ1) is 20.8. The van der Waals surface area contributed by atoms with Crippen LogP contribution in [-0.4, -0.2) is 37.1 Å². The fraction of sp³-hybridized carbons (Fsp3) is 0.739. The van der Waals surface area contributed by atoms with E-state index in [2.05, 4.69) is 34.1 Å². The van der Waals surface area contributed by atoms with E-state index >= 15 is 0 Å². The number of aromatic nitrogens is 4. The Morgan fingerprint density at radius 2 is 2.00 bits per heavy atom. The molecule has 0 spiro atoms. The molecule has 2 aliphatic carbocycles. The molecule has 2 aliphatic heterocycles. The SMILES string of the molecule is C[C@]12CCC3C(CC[C@H]4NC(=O)CC[C@]34C)C1CC[C@@H](n1cnc3c(Cl)nc(F)nc31)O2. The summed E-state index contributed by atoms with van der Waals surface area (Å²) in [5.41, 5.74) is 0.727. The molecular weight excluding hydrogens is 433 g/mol. The van der Waals surface area contributed by atoms with Crippen LogP contribution in [-0.2, 0) is 9.53 Å². The number of rotatable bonds is 1. The normalized spacial score (nSPS) is 41.5. The molecule has 32 heavy (non-hydrogen) atoms. The fourth-order valence-corrected chi connectivity index (χ4v) is 7.81. The maximum atomic E-state index is 13.8. The van der Waals surface area contributed by atoms with Gasteiger partial charge in [-0.2, -0.15) is 14.4 Å². The van der Waals surface area contributed by atoms with Gasteiger partial charge in [-0.3, -0.25) is 9.36 Å². The second kappa shape index (κ2) is 7.10. The summed E-state index contributed by atoms with van der Waals surface area (Å²) in [5, 5.41) is 3.32. The minimum Gasteiger partial charge on any atom is -0.353 e. The van der Waals surface area contributed by atoms with Gasteiger partial charge in [0.05, 0.1) is 11.9 Å². The smallest absolute Gasteiger partial charge is 0.312 e. The van der Waals surface area contributed by atoms with E-state index in [9.17, 15) is 9.18 Å². The molecule has 4 fully saturated rings. The number of fused-ring (bicyclic) bond motifs is 6. The molecule has 7 nitrogen and oxygen atoms in total. The second-order valence-electron chi connectivity index (χ2n) is 10.7. The van der Waals surface area contributed by atoms with Crippen molar-refractivity contribution in [1.82, 2.24) is 24.8 Å². The molecule has 4 heterocycles. The number of ether oxygens (including phenoxy) is 1. The quantitative estimate of drug-likeness (QED) is 0.502. The molecule has 172 valence electrons. The van der Waals surface area contributed by atoms with Gasteiger partial charge < -0.3 is 10.1 Å². The third-order valence-corrected chi connectivity index (χ3v) is 9.48. The Morgan fingerprint density at radius 1 is 1.16 bits per heavy atom. The lowest BCUT2D eigenvalue weighted by atomic mass is 9.48. The van der Waals surface area contributed by atoms with E-state index in [4.69, 9.17) is 16.3 Å². The van der Waals surface area contributed by atoms with Crippen molar-refractivity contribution >= 4 is 28.7 Å². The minimum atomic E-state index is -0.853. The molecule has 2 aromatic heterocycles. The monoisotopic (exact) mass is 461 g/mol. The van der Waals surface area contributed by atoms with Gasteiger partial charge >= 0.3 is 6.08 Å². The molecule has 0 radical (unpaired) electrons. The standard InChI is InChI=1S/C23H29ClFN5O2/c1-22-9-8-16(31)27-15(22)5-3-12-13(22)7-10-23(2)14(12)4-6-17(32-23)30-11-26-18-19(24)28-21(25)29-20(18)30/h11-15,17H,3-10H2,1-2H3,(H,27,31)/t12?,13?,14?,15-,17+,22-,23+/m1/s1. The van der Waals surface area contributed by atoms with E-state index in [0.29, 0.717) is 41.4 Å². The van der Waals surface area contributed by atoms with Crippen molar-refractivity contribution in [2.24, 2.45) is 23.2 Å². The van der Waals surface area contributed by atoms with Crippen LogP contribution in [0.2, 0.25) is 5.15 Å². The van der Waals surface area contributed by atoms with Crippen molar-refractivity contribution in [3.63, 3.8) is 0 Å². The molecule has 0 aromatic carbocycles. The number of carbonyl (C=O) groups excluding carboxylic acids is 1. The van der Waals surface area contributed by atoms with Crippen LogP contribution >= 0.6 is 11.6 Å². The summed E-state index contributed by atoms with van der Waals surface area (Å²) in [6.07, 6.45) is 8.35. The molecule has 2 saturated heterocycles. The fourth-order valence-electron chi connectivity index (χ4n) is 7.61. The lowest BCUT2D eigenvalue weighted by Gasteiger charge is -2.62. The van der Waals surface area contributed by atoms with Gasteiger partial charge in [-0.05, 0) is 75.0 Å². The Kier molecular flexibility index (Phi) is 4.61. The molecule has 9 heteroatoms. The topological polar surface area (TPSA) is 81.9 Å². The van der Waals surface area contributed by atoms with Crippen LogP contribution in [0.3, 0.4) is 0 Å². The van der Waals surface area contributed by atoms with Gasteiger partial charge in [0, 0.05) is 12.5 Å². The number of amides is 1. The number of halogens is 2. The van der Waals surface area contributed by atoms with Crippen molar-refractivity contribution in [2.45, 2.75) is 83.1 Å². The summed E-state index contributed by atoms with van der Waals surface area (Å²) in [6, 6.07) is 0.309. The summed E-state index contributed by atoms with van der Waals surface area (Å²) in [6.45, 7) is 4.65. The first-order chi connectivity index (χ1) is 15.3. The number of nitrogens with one attached hydrogen (secondary N) is 1. The highest BCUT2D eigenvalue weighted by Gasteiger charge is 2.59. The van der Waals surface area contributed by atoms with Crippen molar-refractivity contribution < 1.29 is 13.9 Å². The summed E-state index contributed by atoms with van der Waals surface area (Å²) < 4.78 is 22.4. The Morgan fingerprint density at radius 3 is 2.84 bits per heavy atom. The van der Waals surface area contributed by atoms with Crippen molar-refractivity contribution in [1.29, 1.82) is 0 Å². The lowest BCUT2D eigenvalue weighted by Crippen LogP contribution is -2.63. The van der Waals surface area contributed by atoms with E-state index in [1.807, 2.05) is 4.57 Å². The average molecular weight is 462 g/mol. The molecule has 6 rings (SSSR count). The van der Waals surface area contributed by atoms with Gasteiger partial charge in [-0.25, -0.2) is 4.98 Å². The van der Waals surface area contributed by atoms with E-state index in [1.165, 1.54) is 0 Å². The van der Waals surface area contributed by atoms with Gasteiger partial charge in [0.25, 0.3) is 0 Å². The molecule has 2 saturated carbocycles. The third-order valence-electron chi connectivity index (χ3n) is 9.22. The zero-order valence-corrected chi connectivity index (χ0v) is 19.2. The molecule has 3 unspecified atom stereocenters. The molecule has 1 amide bonds. The van der Waals surface area contributed by atoms with Gasteiger partial charge in [0.15, 0.2) is 10.8 Å². The molecule has 2 aromatic rings. The van der Waals surface area contributed by atoms with Gasteiger partial charge in [-0.15, -0.1) is 0 Å². The highest BCUT2D eigenvalue weighted by atomic mass is 35.5. The Balaban J connectivity index is 1.27. The van der Waals surface area contributed by atoms with E-state index in [1.54, 1.807) is 6.33 Å². The zero-order chi connectivity index (χ0) is 22.3. The number of piperidine rings is 1. The number of imidazole rings is 1. The summed E-state index contributed by atoms with van der Waals surface area (Å²) in [7, 11) is 0. The van der Waals surface area contributed by atoms with E-state index in [0.717, 1.165) is 44.9 Å². The predicted octanol–water partition coefficient (Wildman–Crippen LogP) is 4.41. The highest BCUT2D eigenvalue weighted by Crippen LogP contribution is 2.61. The van der Waals surface area contributed by atoms with E-state index in [-0.39, 0.29) is 28.3 Å². The number of hydrogen-bond acceptors (Lipinski definition) is 5. The van der Waals surface area contributed by atoms with Crippen LogP contribution in [0.25, 0.3) is 11.2 Å². The molecule has 0 bridgehead atoms. The van der Waals surface area contributed by atoms with E-state index < -0.39 is 6.08 Å². The molecule has 7 atom stereocenters. The van der Waals surface area contributed by atoms with Gasteiger partial charge in [0.2, 0.25) is 5.91 Å².